The smallest absolute Gasteiger partial charge is 0.387 e. The molecular formula is C18H14F2N2O3S. The SMILES string of the molecule is Cc1ccc(-c2nnc(SCC(=O)c3ccc(OC(F)F)cc3)o2)cc1. The van der Waals surface area contributed by atoms with Crippen molar-refractivity contribution in [1.82, 2.24) is 10.2 Å². The van der Waals surface area contributed by atoms with Crippen molar-refractivity contribution in [1.29, 1.82) is 0 Å². The number of rotatable bonds is 7. The number of halogens is 2. The van der Waals surface area contributed by atoms with E-state index in [0.29, 0.717) is 11.5 Å². The summed E-state index contributed by atoms with van der Waals surface area (Å²) in [7, 11) is 0. The Balaban J connectivity index is 1.58. The third-order valence-electron chi connectivity index (χ3n) is 3.43. The van der Waals surface area contributed by atoms with E-state index in [9.17, 15) is 13.6 Å². The Morgan fingerprint density at radius 3 is 2.46 bits per heavy atom. The summed E-state index contributed by atoms with van der Waals surface area (Å²) in [5.74, 6) is 0.288. The monoisotopic (exact) mass is 376 g/mol. The van der Waals surface area contributed by atoms with Crippen LogP contribution in [-0.4, -0.2) is 28.3 Å². The number of benzene rings is 2. The third kappa shape index (κ3) is 4.66. The van der Waals surface area contributed by atoms with E-state index in [2.05, 4.69) is 14.9 Å². The Bertz CT molecular complexity index is 880. The fourth-order valence-corrected chi connectivity index (χ4v) is 2.77. The molecule has 0 saturated heterocycles. The molecule has 0 saturated carbocycles. The van der Waals surface area contributed by atoms with E-state index in [1.165, 1.54) is 24.3 Å². The third-order valence-corrected chi connectivity index (χ3v) is 4.25. The number of carbonyl (C=O) groups excluding carboxylic acids is 1. The topological polar surface area (TPSA) is 65.2 Å². The van der Waals surface area contributed by atoms with Crippen LogP contribution in [0.5, 0.6) is 5.75 Å². The molecule has 0 spiro atoms. The van der Waals surface area contributed by atoms with Crippen LogP contribution in [0.2, 0.25) is 0 Å². The number of thioether (sulfide) groups is 1. The van der Waals surface area contributed by atoms with Gasteiger partial charge in [0.15, 0.2) is 5.78 Å². The molecule has 0 fully saturated rings. The number of hydrogen-bond acceptors (Lipinski definition) is 6. The lowest BCUT2D eigenvalue weighted by atomic mass is 10.1. The largest absolute Gasteiger partial charge is 0.435 e. The van der Waals surface area contributed by atoms with Gasteiger partial charge in [0.05, 0.1) is 5.75 Å². The van der Waals surface area contributed by atoms with E-state index >= 15 is 0 Å². The van der Waals surface area contributed by atoms with Crippen LogP contribution in [0.4, 0.5) is 8.78 Å². The van der Waals surface area contributed by atoms with Crippen LogP contribution < -0.4 is 4.74 Å². The second kappa shape index (κ2) is 8.09. The molecule has 1 heterocycles. The lowest BCUT2D eigenvalue weighted by molar-refractivity contribution is -0.0498. The number of carbonyl (C=O) groups is 1. The summed E-state index contributed by atoms with van der Waals surface area (Å²) >= 11 is 1.12. The maximum Gasteiger partial charge on any atom is 0.387 e. The molecule has 1 aromatic heterocycles. The fraction of sp³-hybridized carbons (Fsp3) is 0.167. The summed E-state index contributed by atoms with van der Waals surface area (Å²) in [6.07, 6.45) is 0. The molecule has 0 atom stereocenters. The molecule has 0 N–H and O–H groups in total. The first-order chi connectivity index (χ1) is 12.5. The van der Waals surface area contributed by atoms with Crippen molar-refractivity contribution < 1.29 is 22.7 Å². The first-order valence-electron chi connectivity index (χ1n) is 7.62. The molecule has 0 radical (unpaired) electrons. The average Bonchev–Trinajstić information content (AvgIpc) is 3.09. The highest BCUT2D eigenvalue weighted by Gasteiger charge is 2.13. The van der Waals surface area contributed by atoms with Crippen molar-refractivity contribution in [3.63, 3.8) is 0 Å². The maximum atomic E-state index is 12.2. The van der Waals surface area contributed by atoms with Gasteiger partial charge < -0.3 is 9.15 Å². The van der Waals surface area contributed by atoms with Crippen LogP contribution in [0.1, 0.15) is 15.9 Å². The predicted octanol–water partition coefficient (Wildman–Crippen LogP) is 4.62. The van der Waals surface area contributed by atoms with Gasteiger partial charge in [0.2, 0.25) is 5.89 Å². The average molecular weight is 376 g/mol. The summed E-state index contributed by atoms with van der Waals surface area (Å²) in [5, 5.41) is 8.17. The zero-order valence-electron chi connectivity index (χ0n) is 13.7. The van der Waals surface area contributed by atoms with Gasteiger partial charge in [0.1, 0.15) is 5.75 Å². The van der Waals surface area contributed by atoms with E-state index in [-0.39, 0.29) is 22.5 Å². The zero-order chi connectivity index (χ0) is 18.5. The second-order valence-corrected chi connectivity index (χ2v) is 6.28. The fourth-order valence-electron chi connectivity index (χ4n) is 2.11. The number of aromatic nitrogens is 2. The zero-order valence-corrected chi connectivity index (χ0v) is 14.5. The standard InChI is InChI=1S/C18H14F2N2O3S/c1-11-2-4-13(5-3-11)16-21-22-18(25-16)26-10-15(23)12-6-8-14(9-7-12)24-17(19)20/h2-9,17H,10H2,1H3. The molecule has 26 heavy (non-hydrogen) atoms. The Morgan fingerprint density at radius 1 is 1.12 bits per heavy atom. The second-order valence-electron chi connectivity index (χ2n) is 5.35. The van der Waals surface area contributed by atoms with Crippen LogP contribution in [0.15, 0.2) is 58.2 Å². The van der Waals surface area contributed by atoms with Crippen molar-refractivity contribution in [2.75, 3.05) is 5.75 Å². The summed E-state index contributed by atoms with van der Waals surface area (Å²) in [4.78, 5) is 12.2. The number of aryl methyl sites for hydroxylation is 1. The highest BCUT2D eigenvalue weighted by Crippen LogP contribution is 2.24. The highest BCUT2D eigenvalue weighted by atomic mass is 32.2. The number of nitrogens with zero attached hydrogens (tertiary/aromatic N) is 2. The summed E-state index contributed by atoms with van der Waals surface area (Å²) < 4.78 is 34.0. The molecule has 0 amide bonds. The van der Waals surface area contributed by atoms with Crippen molar-refractivity contribution in [2.24, 2.45) is 0 Å². The van der Waals surface area contributed by atoms with Crippen molar-refractivity contribution in [3.8, 4) is 17.2 Å². The number of hydrogen-bond donors (Lipinski definition) is 0. The van der Waals surface area contributed by atoms with Crippen LogP contribution in [0, 0.1) is 6.92 Å². The van der Waals surface area contributed by atoms with E-state index in [1.807, 2.05) is 31.2 Å². The molecule has 0 bridgehead atoms. The van der Waals surface area contributed by atoms with Crippen LogP contribution in [-0.2, 0) is 0 Å². The highest BCUT2D eigenvalue weighted by molar-refractivity contribution is 7.99. The lowest BCUT2D eigenvalue weighted by Crippen LogP contribution is -2.04. The van der Waals surface area contributed by atoms with Gasteiger partial charge in [-0.1, -0.05) is 29.5 Å². The minimum absolute atomic E-state index is 0.00356. The summed E-state index contributed by atoms with van der Waals surface area (Å²) in [6.45, 7) is -0.913. The van der Waals surface area contributed by atoms with Gasteiger partial charge in [0.25, 0.3) is 5.22 Å². The molecule has 2 aromatic carbocycles. The quantitative estimate of drug-likeness (QED) is 0.443. The Morgan fingerprint density at radius 2 is 1.81 bits per heavy atom. The van der Waals surface area contributed by atoms with Crippen molar-refractivity contribution in [2.45, 2.75) is 18.8 Å². The van der Waals surface area contributed by atoms with Gasteiger partial charge in [-0.25, -0.2) is 0 Å². The van der Waals surface area contributed by atoms with Gasteiger partial charge in [-0.2, -0.15) is 8.78 Å². The number of alkyl halides is 2. The van der Waals surface area contributed by atoms with Gasteiger partial charge in [-0.05, 0) is 43.3 Å². The van der Waals surface area contributed by atoms with Crippen molar-refractivity contribution >= 4 is 17.5 Å². The van der Waals surface area contributed by atoms with Crippen molar-refractivity contribution in [3.05, 3.63) is 59.7 Å². The Labute approximate surface area is 152 Å². The number of ketones is 1. The normalized spacial score (nSPS) is 10.9. The molecule has 0 aliphatic carbocycles. The van der Waals surface area contributed by atoms with E-state index < -0.39 is 6.61 Å². The Kier molecular flexibility index (Phi) is 5.62. The van der Waals surface area contributed by atoms with Crippen LogP contribution >= 0.6 is 11.8 Å². The van der Waals surface area contributed by atoms with Gasteiger partial charge in [-0.3, -0.25) is 4.79 Å². The molecule has 0 aliphatic heterocycles. The van der Waals surface area contributed by atoms with Crippen LogP contribution in [0.25, 0.3) is 11.5 Å². The van der Waals surface area contributed by atoms with E-state index in [4.69, 9.17) is 4.42 Å². The molecule has 134 valence electrons. The first-order valence-corrected chi connectivity index (χ1v) is 8.61. The molecule has 0 unspecified atom stereocenters. The number of Topliss-reactive ketones (excluding diaryl/α,β-unsaturated/α-hetero) is 1. The molecule has 3 rings (SSSR count). The van der Waals surface area contributed by atoms with Gasteiger partial charge >= 0.3 is 6.61 Å². The minimum Gasteiger partial charge on any atom is -0.435 e. The molecule has 0 aliphatic rings. The molecular weight excluding hydrogens is 362 g/mol. The van der Waals surface area contributed by atoms with E-state index in [0.717, 1.165) is 22.9 Å². The van der Waals surface area contributed by atoms with Gasteiger partial charge in [-0.15, -0.1) is 10.2 Å². The van der Waals surface area contributed by atoms with Gasteiger partial charge in [0, 0.05) is 11.1 Å². The molecule has 3 aromatic rings. The van der Waals surface area contributed by atoms with E-state index in [1.54, 1.807) is 0 Å². The number of ether oxygens (including phenoxy) is 1. The minimum atomic E-state index is -2.90. The summed E-state index contributed by atoms with van der Waals surface area (Å²) in [6, 6.07) is 13.2. The predicted molar refractivity (Wildman–Crippen MR) is 92.6 cm³/mol. The Hall–Kier alpha value is -2.74. The maximum absolute atomic E-state index is 12.2. The lowest BCUT2D eigenvalue weighted by Gasteiger charge is -2.04. The molecule has 5 nitrogen and oxygen atoms in total. The molecule has 8 heteroatoms. The first kappa shape index (κ1) is 18.1. The summed E-state index contributed by atoms with van der Waals surface area (Å²) in [5.41, 5.74) is 2.31. The van der Waals surface area contributed by atoms with Crippen LogP contribution in [0.3, 0.4) is 0 Å².